The number of halogens is 1. The van der Waals surface area contributed by atoms with Gasteiger partial charge in [-0.1, -0.05) is 70.5 Å². The SMILES string of the molecule is O=C1C(Br)CCN1Cc1ccccc1-c1ccccc1. The average Bonchev–Trinajstić information content (AvgIpc) is 2.81. The standard InChI is InChI=1S/C17H16BrNO/c18-16-10-11-19(17(16)20)12-14-8-4-5-9-15(14)13-6-2-1-3-7-13/h1-9,16H,10-12H2. The van der Waals surface area contributed by atoms with Gasteiger partial charge in [0.15, 0.2) is 0 Å². The number of hydrogen-bond donors (Lipinski definition) is 0. The van der Waals surface area contributed by atoms with Crippen molar-refractivity contribution in [3.05, 3.63) is 60.2 Å². The number of alkyl halides is 1. The fraction of sp³-hybridized carbons (Fsp3) is 0.235. The highest BCUT2D eigenvalue weighted by Gasteiger charge is 2.29. The second kappa shape index (κ2) is 5.80. The molecule has 1 aliphatic rings. The second-order valence-electron chi connectivity index (χ2n) is 5.04. The molecule has 1 heterocycles. The Balaban J connectivity index is 1.89. The lowest BCUT2D eigenvalue weighted by molar-refractivity contribution is -0.127. The van der Waals surface area contributed by atoms with Gasteiger partial charge in [0, 0.05) is 13.1 Å². The molecule has 2 aromatic rings. The molecule has 1 atom stereocenters. The molecule has 0 spiro atoms. The van der Waals surface area contributed by atoms with Gasteiger partial charge < -0.3 is 4.90 Å². The zero-order chi connectivity index (χ0) is 13.9. The number of likely N-dealkylation sites (tertiary alicyclic amines) is 1. The summed E-state index contributed by atoms with van der Waals surface area (Å²) in [5.41, 5.74) is 3.61. The molecule has 0 radical (unpaired) electrons. The maximum Gasteiger partial charge on any atom is 0.236 e. The Morgan fingerprint density at radius 3 is 2.45 bits per heavy atom. The van der Waals surface area contributed by atoms with E-state index >= 15 is 0 Å². The summed E-state index contributed by atoms with van der Waals surface area (Å²) in [7, 11) is 0. The van der Waals surface area contributed by atoms with Crippen molar-refractivity contribution in [1.29, 1.82) is 0 Å². The summed E-state index contributed by atoms with van der Waals surface area (Å²) in [6.07, 6.45) is 0.895. The molecule has 3 heteroatoms. The number of hydrogen-bond acceptors (Lipinski definition) is 1. The van der Waals surface area contributed by atoms with Gasteiger partial charge in [0.25, 0.3) is 0 Å². The van der Waals surface area contributed by atoms with Gasteiger partial charge in [-0.3, -0.25) is 4.79 Å². The van der Waals surface area contributed by atoms with Crippen molar-refractivity contribution in [3.8, 4) is 11.1 Å². The Morgan fingerprint density at radius 1 is 1.05 bits per heavy atom. The smallest absolute Gasteiger partial charge is 0.236 e. The van der Waals surface area contributed by atoms with Crippen LogP contribution in [-0.4, -0.2) is 22.2 Å². The molecule has 20 heavy (non-hydrogen) atoms. The van der Waals surface area contributed by atoms with Crippen LogP contribution in [0.15, 0.2) is 54.6 Å². The highest BCUT2D eigenvalue weighted by Crippen LogP contribution is 2.27. The van der Waals surface area contributed by atoms with Gasteiger partial charge in [0.2, 0.25) is 5.91 Å². The first-order valence-electron chi connectivity index (χ1n) is 6.82. The fourth-order valence-electron chi connectivity index (χ4n) is 2.62. The van der Waals surface area contributed by atoms with Crippen LogP contribution in [0, 0.1) is 0 Å². The second-order valence-corrected chi connectivity index (χ2v) is 6.14. The van der Waals surface area contributed by atoms with Gasteiger partial charge in [-0.15, -0.1) is 0 Å². The van der Waals surface area contributed by atoms with Crippen LogP contribution in [0.3, 0.4) is 0 Å². The highest BCUT2D eigenvalue weighted by atomic mass is 79.9. The van der Waals surface area contributed by atoms with Crippen LogP contribution in [-0.2, 0) is 11.3 Å². The lowest BCUT2D eigenvalue weighted by Gasteiger charge is -2.18. The van der Waals surface area contributed by atoms with Gasteiger partial charge in [0.1, 0.15) is 0 Å². The lowest BCUT2D eigenvalue weighted by Crippen LogP contribution is -2.27. The quantitative estimate of drug-likeness (QED) is 0.783. The summed E-state index contributed by atoms with van der Waals surface area (Å²) in [5.74, 6) is 0.202. The first-order chi connectivity index (χ1) is 9.75. The number of carbonyl (C=O) groups excluding carboxylic acids is 1. The number of benzene rings is 2. The van der Waals surface area contributed by atoms with Crippen molar-refractivity contribution < 1.29 is 4.79 Å². The zero-order valence-electron chi connectivity index (χ0n) is 11.1. The van der Waals surface area contributed by atoms with Crippen LogP contribution in [0.5, 0.6) is 0 Å². The van der Waals surface area contributed by atoms with Crippen molar-refractivity contribution in [2.24, 2.45) is 0 Å². The summed E-state index contributed by atoms with van der Waals surface area (Å²) in [6, 6.07) is 18.6. The van der Waals surface area contributed by atoms with Crippen LogP contribution in [0.25, 0.3) is 11.1 Å². The Labute approximate surface area is 127 Å². The van der Waals surface area contributed by atoms with Crippen LogP contribution >= 0.6 is 15.9 Å². The average molecular weight is 330 g/mol. The van der Waals surface area contributed by atoms with Crippen LogP contribution in [0.2, 0.25) is 0 Å². The van der Waals surface area contributed by atoms with E-state index in [1.807, 2.05) is 35.2 Å². The molecule has 1 saturated heterocycles. The largest absolute Gasteiger partial charge is 0.337 e. The van der Waals surface area contributed by atoms with E-state index in [0.29, 0.717) is 6.54 Å². The van der Waals surface area contributed by atoms with E-state index in [1.54, 1.807) is 0 Å². The number of nitrogens with zero attached hydrogens (tertiary/aromatic N) is 1. The molecule has 1 unspecified atom stereocenters. The van der Waals surface area contributed by atoms with Gasteiger partial charge in [-0.2, -0.15) is 0 Å². The third-order valence-electron chi connectivity index (χ3n) is 3.70. The van der Waals surface area contributed by atoms with E-state index < -0.39 is 0 Å². The van der Waals surface area contributed by atoms with E-state index in [0.717, 1.165) is 13.0 Å². The number of carbonyl (C=O) groups is 1. The van der Waals surface area contributed by atoms with Crippen molar-refractivity contribution in [3.63, 3.8) is 0 Å². The zero-order valence-corrected chi connectivity index (χ0v) is 12.7. The maximum atomic E-state index is 12.0. The Kier molecular flexibility index (Phi) is 3.88. The minimum atomic E-state index is -0.00797. The summed E-state index contributed by atoms with van der Waals surface area (Å²) >= 11 is 3.43. The van der Waals surface area contributed by atoms with Gasteiger partial charge >= 0.3 is 0 Å². The van der Waals surface area contributed by atoms with Crippen molar-refractivity contribution in [2.45, 2.75) is 17.8 Å². The topological polar surface area (TPSA) is 20.3 Å². The predicted molar refractivity (Wildman–Crippen MR) is 84.6 cm³/mol. The van der Waals surface area contributed by atoms with Gasteiger partial charge in [0.05, 0.1) is 4.83 Å². The summed E-state index contributed by atoms with van der Waals surface area (Å²) in [6.45, 7) is 1.52. The molecule has 102 valence electrons. The summed E-state index contributed by atoms with van der Waals surface area (Å²) in [5, 5.41) is 0. The molecule has 0 aliphatic carbocycles. The summed E-state index contributed by atoms with van der Waals surface area (Å²) in [4.78, 5) is 14.0. The number of rotatable bonds is 3. The molecule has 1 fully saturated rings. The molecule has 2 aromatic carbocycles. The van der Waals surface area contributed by atoms with E-state index in [1.165, 1.54) is 16.7 Å². The van der Waals surface area contributed by atoms with Crippen LogP contribution in [0.1, 0.15) is 12.0 Å². The Bertz CT molecular complexity index is 611. The van der Waals surface area contributed by atoms with E-state index in [-0.39, 0.29) is 10.7 Å². The van der Waals surface area contributed by atoms with E-state index in [2.05, 4.69) is 40.2 Å². The lowest BCUT2D eigenvalue weighted by atomic mass is 9.99. The van der Waals surface area contributed by atoms with Gasteiger partial charge in [-0.05, 0) is 23.1 Å². The molecule has 0 bridgehead atoms. The van der Waals surface area contributed by atoms with Crippen LogP contribution in [0.4, 0.5) is 0 Å². The van der Waals surface area contributed by atoms with Crippen molar-refractivity contribution >= 4 is 21.8 Å². The molecule has 0 aromatic heterocycles. The van der Waals surface area contributed by atoms with Gasteiger partial charge in [-0.25, -0.2) is 0 Å². The molecular formula is C17H16BrNO. The minimum Gasteiger partial charge on any atom is -0.337 e. The highest BCUT2D eigenvalue weighted by molar-refractivity contribution is 9.10. The molecule has 3 rings (SSSR count). The third kappa shape index (κ3) is 2.63. The van der Waals surface area contributed by atoms with E-state index in [4.69, 9.17) is 0 Å². The monoisotopic (exact) mass is 329 g/mol. The van der Waals surface area contributed by atoms with Crippen molar-refractivity contribution in [1.82, 2.24) is 4.90 Å². The third-order valence-corrected chi connectivity index (χ3v) is 4.54. The molecule has 0 saturated carbocycles. The molecule has 1 amide bonds. The van der Waals surface area contributed by atoms with Crippen LogP contribution < -0.4 is 0 Å². The normalized spacial score (nSPS) is 18.6. The first kappa shape index (κ1) is 13.4. The van der Waals surface area contributed by atoms with Crippen molar-refractivity contribution in [2.75, 3.05) is 6.54 Å². The maximum absolute atomic E-state index is 12.0. The molecule has 0 N–H and O–H groups in total. The fourth-order valence-corrected chi connectivity index (χ4v) is 3.12. The number of amides is 1. The minimum absolute atomic E-state index is 0.00797. The Morgan fingerprint density at radius 2 is 1.75 bits per heavy atom. The first-order valence-corrected chi connectivity index (χ1v) is 7.73. The predicted octanol–water partition coefficient (Wildman–Crippen LogP) is 3.85. The summed E-state index contributed by atoms with van der Waals surface area (Å²) < 4.78 is 0. The molecule has 1 aliphatic heterocycles. The molecule has 2 nitrogen and oxygen atoms in total. The molecular weight excluding hydrogens is 314 g/mol. The van der Waals surface area contributed by atoms with E-state index in [9.17, 15) is 4.79 Å². The Hall–Kier alpha value is -1.61.